The Morgan fingerprint density at radius 3 is 1.02 bits per heavy atom. The van der Waals surface area contributed by atoms with E-state index in [1.165, 1.54) is 0 Å². The van der Waals surface area contributed by atoms with Crippen LogP contribution in [-0.2, 0) is 0 Å². The molecule has 130 heavy (non-hydrogen) atoms. The number of imidazole rings is 4. The minimum atomic E-state index is -0.258. The average molecular weight is 1770 g/mol. The lowest BCUT2D eigenvalue weighted by Crippen LogP contribution is -2.12. The molecule has 12 heterocycles. The second-order valence-electron chi connectivity index (χ2n) is 31.3. The van der Waals surface area contributed by atoms with E-state index in [9.17, 15) is 4.79 Å². The summed E-state index contributed by atoms with van der Waals surface area (Å²) in [4.78, 5) is 29.7. The molecule has 0 amide bonds. The number of fused-ring (bicyclic) bond motifs is 12. The fraction of sp³-hybridized carbons (Fsp3) is 0.0481. The Hall–Kier alpha value is -16.1. The van der Waals surface area contributed by atoms with Crippen LogP contribution in [0.3, 0.4) is 0 Å². The van der Waals surface area contributed by atoms with Crippen LogP contribution in [0.1, 0.15) is 74.5 Å². The standard InChI is InChI=1S/C27H20ClN5.C26H18ClN5O.C26H18ClN5.C25H17ClN6/c1-18-30-31-26-16-23(19-5-3-2-4-6-19)24-15-21(9-12-25(24)33(18)26)27(32-14-13-29-17-32)20-7-10-22(28)11-8-20;27-20-9-6-18(7-10-20)25(31-13-12-28-16-31)19-8-11-23-22(14-19)21(17-4-2-1-3-5-17)15-24-29-30-26(33)32(23)24;27-21-9-6-19(7-10-21)26(31-13-12-28-16-31)20-8-11-24-23(14-20)22(18-4-2-1-3-5-18)15-25-30-29-17-32(24)25;26-20-9-6-18(7-10-20)25(31-13-12-27-16-31)19-8-11-23-22(14-19)21(17-4-2-1-3-5-17)15-24-28-29-30-32(23)24/h2-17,27H,1H3;1-16,25H,(H,30,33);1-17,26H;1-16,25H. The summed E-state index contributed by atoms with van der Waals surface area (Å²) >= 11 is 24.7. The van der Waals surface area contributed by atoms with Crippen LogP contribution in [-0.4, -0.2) is 102 Å². The molecule has 0 saturated heterocycles. The molecule has 0 fully saturated rings. The zero-order chi connectivity index (χ0) is 87.7. The van der Waals surface area contributed by atoms with Crippen molar-refractivity contribution in [3.8, 4) is 44.5 Å². The molecule has 0 saturated carbocycles. The van der Waals surface area contributed by atoms with Crippen LogP contribution >= 0.6 is 46.4 Å². The van der Waals surface area contributed by atoms with Crippen LogP contribution < -0.4 is 5.69 Å². The highest BCUT2D eigenvalue weighted by molar-refractivity contribution is 6.31. The summed E-state index contributed by atoms with van der Waals surface area (Å²) in [5.41, 5.74) is 24.4. The van der Waals surface area contributed by atoms with Crippen molar-refractivity contribution in [1.82, 2.24) is 102 Å². The number of hydrogen-bond donors (Lipinski definition) is 1. The Bertz CT molecular complexity index is 7950. The summed E-state index contributed by atoms with van der Waals surface area (Å²) < 4.78 is 15.9. The first-order valence-corrected chi connectivity index (χ1v) is 43.3. The van der Waals surface area contributed by atoms with E-state index in [-0.39, 0.29) is 29.9 Å². The van der Waals surface area contributed by atoms with E-state index in [1.807, 2.05) is 195 Å². The van der Waals surface area contributed by atoms with Crippen molar-refractivity contribution in [2.24, 2.45) is 0 Å². The van der Waals surface area contributed by atoms with Gasteiger partial charge in [-0.25, -0.2) is 34.2 Å². The van der Waals surface area contributed by atoms with E-state index in [0.717, 1.165) is 160 Å². The lowest BCUT2D eigenvalue weighted by atomic mass is 9.94. The van der Waals surface area contributed by atoms with Gasteiger partial charge in [-0.3, -0.25) is 8.80 Å². The first-order chi connectivity index (χ1) is 63.9. The van der Waals surface area contributed by atoms with Gasteiger partial charge in [0.1, 0.15) is 12.2 Å². The van der Waals surface area contributed by atoms with E-state index in [2.05, 4.69) is 277 Å². The van der Waals surface area contributed by atoms with E-state index in [4.69, 9.17) is 46.4 Å². The third-order valence-electron chi connectivity index (χ3n) is 23.6. The normalized spacial score (nSPS) is 12.4. The number of halogens is 4. The van der Waals surface area contributed by atoms with Gasteiger partial charge in [-0.15, -0.1) is 25.5 Å². The van der Waals surface area contributed by atoms with Crippen molar-refractivity contribution in [1.29, 1.82) is 0 Å². The van der Waals surface area contributed by atoms with Crippen molar-refractivity contribution in [3.63, 3.8) is 0 Å². The Labute approximate surface area is 762 Å². The molecule has 12 aromatic carbocycles. The van der Waals surface area contributed by atoms with Gasteiger partial charge in [0, 0.05) is 91.2 Å². The van der Waals surface area contributed by atoms with Crippen molar-refractivity contribution < 1.29 is 0 Å². The largest absolute Gasteiger partial charge is 0.348 e. The molecule has 22 nitrogen and oxygen atoms in total. The van der Waals surface area contributed by atoms with Crippen molar-refractivity contribution in [2.75, 3.05) is 0 Å². The van der Waals surface area contributed by atoms with Crippen LogP contribution in [0, 0.1) is 6.92 Å². The van der Waals surface area contributed by atoms with Gasteiger partial charge in [0.2, 0.25) is 0 Å². The molecule has 24 rings (SSSR count). The van der Waals surface area contributed by atoms with E-state index >= 15 is 0 Å². The molecule has 0 aliphatic rings. The molecule has 0 radical (unpaired) electrons. The highest BCUT2D eigenvalue weighted by Gasteiger charge is 2.26. The van der Waals surface area contributed by atoms with Gasteiger partial charge >= 0.3 is 5.69 Å². The molecule has 0 aliphatic carbocycles. The number of rotatable bonds is 16. The first-order valence-electron chi connectivity index (χ1n) is 41.8. The van der Waals surface area contributed by atoms with Crippen molar-refractivity contribution in [3.05, 3.63) is 478 Å². The predicted molar refractivity (Wildman–Crippen MR) is 513 cm³/mol. The fourth-order valence-electron chi connectivity index (χ4n) is 17.6. The Kier molecular flexibility index (Phi) is 22.0. The number of aromatic amines is 1. The first kappa shape index (κ1) is 81.0. The van der Waals surface area contributed by atoms with Gasteiger partial charge < -0.3 is 18.3 Å². The fourth-order valence-corrected chi connectivity index (χ4v) is 18.1. The molecule has 12 aromatic heterocycles. The van der Waals surface area contributed by atoms with E-state index < -0.39 is 0 Å². The molecule has 4 unspecified atom stereocenters. The Morgan fingerprint density at radius 1 is 0.300 bits per heavy atom. The van der Waals surface area contributed by atoms with Gasteiger partial charge in [0.25, 0.3) is 0 Å². The minimum Gasteiger partial charge on any atom is -0.326 e. The number of H-pyrrole nitrogens is 1. The van der Waals surface area contributed by atoms with Crippen LogP contribution in [0.4, 0.5) is 0 Å². The number of hydrogen-bond acceptors (Lipinski definition) is 13. The monoisotopic (exact) mass is 1770 g/mol. The summed E-state index contributed by atoms with van der Waals surface area (Å²) in [7, 11) is 0. The lowest BCUT2D eigenvalue weighted by Gasteiger charge is -2.21. The van der Waals surface area contributed by atoms with Crippen LogP contribution in [0.2, 0.25) is 20.1 Å². The number of aryl methyl sites for hydroxylation is 1. The van der Waals surface area contributed by atoms with Gasteiger partial charge in [-0.05, 0) is 228 Å². The summed E-state index contributed by atoms with van der Waals surface area (Å²) in [6.07, 6.45) is 24.2. The maximum absolute atomic E-state index is 12.5. The van der Waals surface area contributed by atoms with Crippen LogP contribution in [0.5, 0.6) is 0 Å². The molecule has 1 N–H and O–H groups in total. The summed E-state index contributed by atoms with van der Waals surface area (Å²) in [5.74, 6) is 0.867. The zero-order valence-corrected chi connectivity index (χ0v) is 72.2. The second kappa shape index (κ2) is 35.4. The predicted octanol–water partition coefficient (Wildman–Crippen LogP) is 23.1. The SMILES string of the molecule is Cc1nnc2cc(-c3ccccc3)c3cc(C(c4ccc(Cl)cc4)n4ccnc4)ccc3n12.Clc1ccc(C(c2ccc3c(c2)c(-c2ccccc2)cc2nncn23)n2ccnc2)cc1.Clc1ccc(C(c2ccc3c(c2)c(-c2ccccc2)cc2nnnn23)n2ccnc2)cc1.O=c1[nH]nc2cc(-c3ccccc3)c3cc(C(c4ccc(Cl)cc4)n4ccnc4)ccc3n12. The molecular formula is C104H73Cl4N21O. The molecule has 24 aromatic rings. The maximum Gasteiger partial charge on any atom is 0.348 e. The number of nitrogens with one attached hydrogen (secondary N) is 1. The lowest BCUT2D eigenvalue weighted by molar-refractivity contribution is 0.677. The van der Waals surface area contributed by atoms with Crippen molar-refractivity contribution in [2.45, 2.75) is 31.1 Å². The van der Waals surface area contributed by atoms with Gasteiger partial charge in [0.05, 0.1) is 71.5 Å². The number of pyridine rings is 4. The zero-order valence-electron chi connectivity index (χ0n) is 69.2. The topological polar surface area (TPSA) is 225 Å². The molecule has 4 atom stereocenters. The Balaban J connectivity index is 0.000000105. The molecular weight excluding hydrogens is 1700 g/mol. The van der Waals surface area contributed by atoms with Gasteiger partial charge in [-0.2, -0.15) is 9.61 Å². The third-order valence-corrected chi connectivity index (χ3v) is 24.6. The smallest absolute Gasteiger partial charge is 0.326 e. The molecule has 26 heteroatoms. The average Bonchev–Trinajstić information content (AvgIpc) is 1.54. The highest BCUT2D eigenvalue weighted by Crippen LogP contribution is 2.42. The van der Waals surface area contributed by atoms with Crippen LogP contribution in [0.15, 0.2) is 401 Å². The third kappa shape index (κ3) is 15.9. The Morgan fingerprint density at radius 2 is 0.631 bits per heavy atom. The van der Waals surface area contributed by atoms with Crippen molar-refractivity contribution >= 4 is 113 Å². The quantitative estimate of drug-likeness (QED) is 0.0951. The second-order valence-corrected chi connectivity index (χ2v) is 33.1. The maximum atomic E-state index is 12.5. The molecule has 0 spiro atoms. The molecule has 0 bridgehead atoms. The molecule has 628 valence electrons. The highest BCUT2D eigenvalue weighted by atomic mass is 35.5. The van der Waals surface area contributed by atoms with Crippen LogP contribution in [0.25, 0.3) is 111 Å². The number of benzene rings is 12. The molecule has 0 aliphatic heterocycles. The van der Waals surface area contributed by atoms with E-state index in [1.54, 1.807) is 33.8 Å². The van der Waals surface area contributed by atoms with E-state index in [0.29, 0.717) is 21.3 Å². The van der Waals surface area contributed by atoms with Gasteiger partial charge in [0.15, 0.2) is 22.6 Å². The number of nitrogens with zero attached hydrogens (tertiary/aromatic N) is 20. The number of tetrazole rings is 1. The van der Waals surface area contributed by atoms with Gasteiger partial charge in [-0.1, -0.05) is 241 Å². The minimum absolute atomic E-state index is 0.0283. The summed E-state index contributed by atoms with van der Waals surface area (Å²) in [6.45, 7) is 1.98. The summed E-state index contributed by atoms with van der Waals surface area (Å²) in [6, 6.07) is 107. The summed E-state index contributed by atoms with van der Waals surface area (Å²) in [5, 5.41) is 43.4. The number of aromatic nitrogens is 21.